The van der Waals surface area contributed by atoms with Gasteiger partial charge in [0.2, 0.25) is 0 Å². The van der Waals surface area contributed by atoms with Crippen molar-refractivity contribution in [2.45, 2.75) is 38.3 Å². The Hall–Kier alpha value is -2.19. The summed E-state index contributed by atoms with van der Waals surface area (Å²) in [6.45, 7) is 6.32. The zero-order valence-electron chi connectivity index (χ0n) is 15.9. The van der Waals surface area contributed by atoms with E-state index in [9.17, 15) is 4.79 Å². The van der Waals surface area contributed by atoms with E-state index in [1.54, 1.807) is 0 Å². The number of terminal acetylenes is 1. The first kappa shape index (κ1) is 18.6. The number of amides is 2. The normalized spacial score (nSPS) is 20.1. The lowest BCUT2D eigenvalue weighted by molar-refractivity contribution is 0.232. The Morgan fingerprint density at radius 1 is 1.19 bits per heavy atom. The SMILES string of the molecule is C#CCC(NC(=O)NC(C)c1ccc(N2CCN(C)CC2)cc1)C1CC1. The van der Waals surface area contributed by atoms with Gasteiger partial charge in [-0.15, -0.1) is 12.3 Å². The maximum absolute atomic E-state index is 12.3. The van der Waals surface area contributed by atoms with Gasteiger partial charge in [-0.3, -0.25) is 0 Å². The minimum atomic E-state index is -0.132. The molecule has 1 saturated heterocycles. The fourth-order valence-corrected chi connectivity index (χ4v) is 3.49. The van der Waals surface area contributed by atoms with E-state index in [4.69, 9.17) is 6.42 Å². The van der Waals surface area contributed by atoms with Crippen LogP contribution < -0.4 is 15.5 Å². The monoisotopic (exact) mass is 354 g/mol. The summed E-state index contributed by atoms with van der Waals surface area (Å²) in [7, 11) is 2.16. The van der Waals surface area contributed by atoms with E-state index in [2.05, 4.69) is 57.7 Å². The van der Waals surface area contributed by atoms with Gasteiger partial charge >= 0.3 is 6.03 Å². The first-order chi connectivity index (χ1) is 12.6. The van der Waals surface area contributed by atoms with Crippen LogP contribution in [-0.2, 0) is 0 Å². The minimum absolute atomic E-state index is 0.0396. The predicted octanol–water partition coefficient (Wildman–Crippen LogP) is 2.60. The van der Waals surface area contributed by atoms with Gasteiger partial charge in [0.15, 0.2) is 0 Å². The van der Waals surface area contributed by atoms with E-state index in [-0.39, 0.29) is 18.1 Å². The molecule has 2 atom stereocenters. The number of carbonyl (C=O) groups is 1. The molecule has 1 aliphatic carbocycles. The van der Waals surface area contributed by atoms with Crippen molar-refractivity contribution in [2.75, 3.05) is 38.1 Å². The van der Waals surface area contributed by atoms with Crippen molar-refractivity contribution in [1.29, 1.82) is 0 Å². The van der Waals surface area contributed by atoms with Crippen LogP contribution in [0.25, 0.3) is 0 Å². The van der Waals surface area contributed by atoms with Gasteiger partial charge in [0.25, 0.3) is 0 Å². The highest BCUT2D eigenvalue weighted by atomic mass is 16.2. The molecular weight excluding hydrogens is 324 g/mol. The number of hydrogen-bond donors (Lipinski definition) is 2. The zero-order valence-corrected chi connectivity index (χ0v) is 15.9. The quantitative estimate of drug-likeness (QED) is 0.772. The summed E-state index contributed by atoms with van der Waals surface area (Å²) in [5, 5.41) is 6.08. The molecule has 0 aromatic heterocycles. The molecule has 5 nitrogen and oxygen atoms in total. The van der Waals surface area contributed by atoms with Gasteiger partial charge in [-0.25, -0.2) is 4.79 Å². The number of nitrogens with one attached hydrogen (secondary N) is 2. The van der Waals surface area contributed by atoms with Crippen LogP contribution in [0.4, 0.5) is 10.5 Å². The topological polar surface area (TPSA) is 47.6 Å². The standard InChI is InChI=1S/C21H30N4O/c1-4-5-20(18-6-7-18)23-21(26)22-16(2)17-8-10-19(11-9-17)25-14-12-24(3)13-15-25/h1,8-11,16,18,20H,5-7,12-15H2,2-3H3,(H2,22,23,26). The third-order valence-electron chi connectivity index (χ3n) is 5.45. The largest absolute Gasteiger partial charge is 0.369 e. The summed E-state index contributed by atoms with van der Waals surface area (Å²) in [6.07, 6.45) is 8.35. The maximum atomic E-state index is 12.3. The van der Waals surface area contributed by atoms with Gasteiger partial charge < -0.3 is 20.4 Å². The van der Waals surface area contributed by atoms with Crippen LogP contribution in [0.3, 0.4) is 0 Å². The Bertz CT molecular complexity index is 639. The highest BCUT2D eigenvalue weighted by molar-refractivity contribution is 5.75. The molecule has 1 heterocycles. The lowest BCUT2D eigenvalue weighted by Crippen LogP contribution is -2.44. The van der Waals surface area contributed by atoms with E-state index in [0.717, 1.165) is 44.6 Å². The summed E-state index contributed by atoms with van der Waals surface area (Å²) in [5.41, 5.74) is 2.36. The fourth-order valence-electron chi connectivity index (χ4n) is 3.49. The second-order valence-corrected chi connectivity index (χ2v) is 7.57. The summed E-state index contributed by atoms with van der Waals surface area (Å²) in [6, 6.07) is 8.46. The van der Waals surface area contributed by atoms with Gasteiger partial charge in [0.05, 0.1) is 6.04 Å². The van der Waals surface area contributed by atoms with E-state index < -0.39 is 0 Å². The molecular formula is C21H30N4O. The van der Waals surface area contributed by atoms with Crippen molar-refractivity contribution in [2.24, 2.45) is 5.92 Å². The van der Waals surface area contributed by atoms with Gasteiger partial charge in [-0.05, 0) is 50.4 Å². The molecule has 2 aliphatic rings. The molecule has 2 N–H and O–H groups in total. The van der Waals surface area contributed by atoms with Crippen molar-refractivity contribution in [3.05, 3.63) is 29.8 Å². The minimum Gasteiger partial charge on any atom is -0.369 e. The van der Waals surface area contributed by atoms with Crippen LogP contribution in [0.15, 0.2) is 24.3 Å². The number of hydrogen-bond acceptors (Lipinski definition) is 3. The summed E-state index contributed by atoms with van der Waals surface area (Å²) < 4.78 is 0. The molecule has 0 bridgehead atoms. The third-order valence-corrected chi connectivity index (χ3v) is 5.45. The van der Waals surface area contributed by atoms with E-state index >= 15 is 0 Å². The maximum Gasteiger partial charge on any atom is 0.315 e. The van der Waals surface area contributed by atoms with Crippen LogP contribution in [0.2, 0.25) is 0 Å². The van der Waals surface area contributed by atoms with E-state index in [1.807, 2.05) is 6.92 Å². The molecule has 1 aromatic rings. The molecule has 0 spiro atoms. The van der Waals surface area contributed by atoms with Gasteiger partial charge in [0, 0.05) is 44.3 Å². The number of anilines is 1. The molecule has 5 heteroatoms. The molecule has 3 rings (SSSR count). The average molecular weight is 354 g/mol. The molecule has 1 aliphatic heterocycles. The van der Waals surface area contributed by atoms with Crippen LogP contribution >= 0.6 is 0 Å². The summed E-state index contributed by atoms with van der Waals surface area (Å²) in [5.74, 6) is 3.22. The van der Waals surface area contributed by atoms with Gasteiger partial charge in [0.1, 0.15) is 0 Å². The smallest absolute Gasteiger partial charge is 0.315 e. The Balaban J connectivity index is 1.52. The van der Waals surface area contributed by atoms with Crippen molar-refractivity contribution >= 4 is 11.7 Å². The second-order valence-electron chi connectivity index (χ2n) is 7.57. The third kappa shape index (κ3) is 4.92. The Morgan fingerprint density at radius 2 is 1.85 bits per heavy atom. The molecule has 2 unspecified atom stereocenters. The Kier molecular flexibility index (Phi) is 6.05. The number of rotatable bonds is 6. The number of benzene rings is 1. The average Bonchev–Trinajstić information content (AvgIpc) is 3.47. The molecule has 140 valence electrons. The van der Waals surface area contributed by atoms with Crippen LogP contribution in [0, 0.1) is 18.3 Å². The molecule has 2 fully saturated rings. The molecule has 2 amide bonds. The molecule has 26 heavy (non-hydrogen) atoms. The van der Waals surface area contributed by atoms with Crippen LogP contribution in [0.1, 0.15) is 37.8 Å². The van der Waals surface area contributed by atoms with Crippen molar-refractivity contribution < 1.29 is 4.79 Å². The highest BCUT2D eigenvalue weighted by Crippen LogP contribution is 2.33. The predicted molar refractivity (Wildman–Crippen MR) is 106 cm³/mol. The number of urea groups is 1. The molecule has 0 radical (unpaired) electrons. The van der Waals surface area contributed by atoms with Crippen LogP contribution in [0.5, 0.6) is 0 Å². The van der Waals surface area contributed by atoms with E-state index in [0.29, 0.717) is 12.3 Å². The first-order valence-corrected chi connectivity index (χ1v) is 9.60. The zero-order chi connectivity index (χ0) is 18.5. The van der Waals surface area contributed by atoms with Gasteiger partial charge in [-0.2, -0.15) is 0 Å². The lowest BCUT2D eigenvalue weighted by Gasteiger charge is -2.34. The number of piperazine rings is 1. The summed E-state index contributed by atoms with van der Waals surface area (Å²) >= 11 is 0. The molecule has 1 aromatic carbocycles. The number of nitrogens with zero attached hydrogens (tertiary/aromatic N) is 2. The van der Waals surface area contributed by atoms with E-state index in [1.165, 1.54) is 5.69 Å². The van der Waals surface area contributed by atoms with Crippen molar-refractivity contribution in [3.8, 4) is 12.3 Å². The molecule has 1 saturated carbocycles. The highest BCUT2D eigenvalue weighted by Gasteiger charge is 2.31. The van der Waals surface area contributed by atoms with Crippen molar-refractivity contribution in [3.63, 3.8) is 0 Å². The number of carbonyl (C=O) groups excluding carboxylic acids is 1. The Morgan fingerprint density at radius 3 is 2.42 bits per heavy atom. The first-order valence-electron chi connectivity index (χ1n) is 9.60. The second kappa shape index (κ2) is 8.46. The van der Waals surface area contributed by atoms with Crippen LogP contribution in [-0.4, -0.2) is 50.2 Å². The summed E-state index contributed by atoms with van der Waals surface area (Å²) in [4.78, 5) is 17.0. The Labute approximate surface area is 157 Å². The number of likely N-dealkylation sites (N-methyl/N-ethyl adjacent to an activating group) is 1. The lowest BCUT2D eigenvalue weighted by atomic mass is 10.1. The fraction of sp³-hybridized carbons (Fsp3) is 0.571. The van der Waals surface area contributed by atoms with Gasteiger partial charge in [-0.1, -0.05) is 12.1 Å². The van der Waals surface area contributed by atoms with Crippen molar-refractivity contribution in [1.82, 2.24) is 15.5 Å².